The largest absolute Gasteiger partial charge is 0.486 e. The Morgan fingerprint density at radius 2 is 1.95 bits per heavy atom. The summed E-state index contributed by atoms with van der Waals surface area (Å²) in [5, 5.41) is 0. The molecule has 1 unspecified atom stereocenters. The molecule has 1 heterocycles. The van der Waals surface area contributed by atoms with Crippen LogP contribution in [0, 0.1) is 5.92 Å². The summed E-state index contributed by atoms with van der Waals surface area (Å²) in [6.07, 6.45) is 0.442. The van der Waals surface area contributed by atoms with Gasteiger partial charge < -0.3 is 14.2 Å². The van der Waals surface area contributed by atoms with Crippen LogP contribution < -0.4 is 9.47 Å². The Kier molecular flexibility index (Phi) is 3.77. The minimum atomic E-state index is -0.957. The van der Waals surface area contributed by atoms with Gasteiger partial charge in [0.2, 0.25) is 0 Å². The molecule has 0 bridgehead atoms. The van der Waals surface area contributed by atoms with Crippen molar-refractivity contribution in [3.63, 3.8) is 0 Å². The Bertz CT molecular complexity index is 562. The molecule has 0 spiro atoms. The lowest BCUT2D eigenvalue weighted by Crippen LogP contribution is -2.16. The zero-order chi connectivity index (χ0) is 14.3. The van der Waals surface area contributed by atoms with Gasteiger partial charge >= 0.3 is 5.97 Å². The molecular formula is C13H11BrCl2O4. The van der Waals surface area contributed by atoms with Gasteiger partial charge in [-0.2, -0.15) is 0 Å². The number of carbonyl (C=O) groups excluding carboxylic acids is 1. The quantitative estimate of drug-likeness (QED) is 0.594. The molecule has 0 amide bonds. The molecule has 1 aliphatic heterocycles. The third kappa shape index (κ3) is 2.85. The van der Waals surface area contributed by atoms with Gasteiger partial charge in [-0.25, -0.2) is 0 Å². The zero-order valence-electron chi connectivity index (χ0n) is 10.3. The van der Waals surface area contributed by atoms with E-state index in [1.807, 2.05) is 6.07 Å². The van der Waals surface area contributed by atoms with Crippen LogP contribution in [0.4, 0.5) is 0 Å². The number of alkyl halides is 2. The van der Waals surface area contributed by atoms with Crippen LogP contribution in [0.15, 0.2) is 16.6 Å². The number of hydrogen-bond acceptors (Lipinski definition) is 4. The molecule has 4 nitrogen and oxygen atoms in total. The Labute approximate surface area is 134 Å². The molecule has 0 saturated heterocycles. The molecule has 1 atom stereocenters. The van der Waals surface area contributed by atoms with Crippen molar-refractivity contribution in [1.82, 2.24) is 0 Å². The van der Waals surface area contributed by atoms with Crippen molar-refractivity contribution in [2.45, 2.75) is 17.4 Å². The van der Waals surface area contributed by atoms with Crippen molar-refractivity contribution in [1.29, 1.82) is 0 Å². The molecule has 7 heteroatoms. The van der Waals surface area contributed by atoms with Crippen LogP contribution in [0.2, 0.25) is 0 Å². The molecule has 0 radical (unpaired) electrons. The maximum atomic E-state index is 11.7. The van der Waals surface area contributed by atoms with Gasteiger partial charge in [-0.15, -0.1) is 23.2 Å². The van der Waals surface area contributed by atoms with Crippen LogP contribution >= 0.6 is 39.1 Å². The van der Waals surface area contributed by atoms with Gasteiger partial charge in [0, 0.05) is 10.0 Å². The number of fused-ring (bicyclic) bond motifs is 1. The molecule has 20 heavy (non-hydrogen) atoms. The Morgan fingerprint density at radius 1 is 1.35 bits per heavy atom. The van der Waals surface area contributed by atoms with Gasteiger partial charge in [0.15, 0.2) is 11.5 Å². The van der Waals surface area contributed by atoms with Gasteiger partial charge in [-0.1, -0.05) is 15.9 Å². The van der Waals surface area contributed by atoms with Crippen LogP contribution in [0.5, 0.6) is 11.5 Å². The fraction of sp³-hybridized carbons (Fsp3) is 0.462. The molecule has 2 aliphatic rings. The molecule has 1 saturated carbocycles. The Morgan fingerprint density at radius 3 is 2.55 bits per heavy atom. The monoisotopic (exact) mass is 380 g/mol. The number of carbonyl (C=O) groups is 1. The van der Waals surface area contributed by atoms with Gasteiger partial charge in [-0.05, 0) is 18.6 Å². The average molecular weight is 382 g/mol. The smallest absolute Gasteiger partial charge is 0.312 e. The van der Waals surface area contributed by atoms with Crippen molar-refractivity contribution in [2.24, 2.45) is 5.92 Å². The molecule has 108 valence electrons. The first-order valence-electron chi connectivity index (χ1n) is 6.10. The second kappa shape index (κ2) is 5.28. The normalized spacial score (nSPS) is 22.2. The zero-order valence-corrected chi connectivity index (χ0v) is 13.4. The second-order valence-corrected chi connectivity index (χ2v) is 7.11. The predicted octanol–water partition coefficient (Wildman–Crippen LogP) is 3.46. The maximum absolute atomic E-state index is 11.7. The summed E-state index contributed by atoms with van der Waals surface area (Å²) in [4.78, 5) is 11.7. The number of benzene rings is 1. The van der Waals surface area contributed by atoms with E-state index in [1.54, 1.807) is 6.07 Å². The Hall–Kier alpha value is -0.650. The summed E-state index contributed by atoms with van der Waals surface area (Å²) in [6, 6.07) is 3.61. The summed E-state index contributed by atoms with van der Waals surface area (Å²) in [5.74, 6) is 0.528. The van der Waals surface area contributed by atoms with Crippen LogP contribution in [-0.2, 0) is 16.1 Å². The number of esters is 1. The van der Waals surface area contributed by atoms with Gasteiger partial charge in [-0.3, -0.25) is 4.79 Å². The minimum Gasteiger partial charge on any atom is -0.486 e. The number of ether oxygens (including phenoxy) is 3. The van der Waals surface area contributed by atoms with Gasteiger partial charge in [0.05, 0.1) is 5.92 Å². The van der Waals surface area contributed by atoms with Crippen molar-refractivity contribution >= 4 is 45.1 Å². The Balaban J connectivity index is 1.67. The molecule has 0 N–H and O–H groups in total. The lowest BCUT2D eigenvalue weighted by atomic mass is 10.2. The molecule has 3 rings (SSSR count). The topological polar surface area (TPSA) is 44.8 Å². The lowest BCUT2D eigenvalue weighted by molar-refractivity contribution is -0.146. The number of halogens is 3. The van der Waals surface area contributed by atoms with E-state index < -0.39 is 10.3 Å². The molecule has 1 aromatic carbocycles. The second-order valence-electron chi connectivity index (χ2n) is 4.71. The number of rotatable bonds is 3. The molecule has 1 aliphatic carbocycles. The lowest BCUT2D eigenvalue weighted by Gasteiger charge is -2.19. The van der Waals surface area contributed by atoms with Crippen molar-refractivity contribution in [2.75, 3.05) is 13.2 Å². The van der Waals surface area contributed by atoms with Crippen LogP contribution in [0.25, 0.3) is 0 Å². The van der Waals surface area contributed by atoms with E-state index in [1.165, 1.54) is 0 Å². The summed E-state index contributed by atoms with van der Waals surface area (Å²) in [7, 11) is 0. The highest BCUT2D eigenvalue weighted by Gasteiger charge is 2.57. The van der Waals surface area contributed by atoms with Crippen molar-refractivity contribution in [3.8, 4) is 11.5 Å². The summed E-state index contributed by atoms with van der Waals surface area (Å²) in [6.45, 7) is 1.18. The van der Waals surface area contributed by atoms with Crippen LogP contribution in [-0.4, -0.2) is 23.5 Å². The summed E-state index contributed by atoms with van der Waals surface area (Å²) in [5.41, 5.74) is 0.804. The highest BCUT2D eigenvalue weighted by Crippen LogP contribution is 2.53. The van der Waals surface area contributed by atoms with E-state index in [2.05, 4.69) is 15.9 Å². The van der Waals surface area contributed by atoms with E-state index in [4.69, 9.17) is 37.4 Å². The SMILES string of the molecule is O=C(OCc1cc2c(cc1Br)OCCO2)C1CC1(Cl)Cl. The fourth-order valence-corrected chi connectivity index (χ4v) is 2.86. The van der Waals surface area contributed by atoms with Crippen LogP contribution in [0.3, 0.4) is 0 Å². The van der Waals surface area contributed by atoms with Crippen molar-refractivity contribution in [3.05, 3.63) is 22.2 Å². The predicted molar refractivity (Wildman–Crippen MR) is 77.5 cm³/mol. The van der Waals surface area contributed by atoms with E-state index in [9.17, 15) is 4.79 Å². The first-order chi connectivity index (χ1) is 9.47. The molecular weight excluding hydrogens is 371 g/mol. The summed E-state index contributed by atoms with van der Waals surface area (Å²) < 4.78 is 16.0. The molecule has 1 fully saturated rings. The van der Waals surface area contributed by atoms with Gasteiger partial charge in [0.25, 0.3) is 0 Å². The van der Waals surface area contributed by atoms with Gasteiger partial charge in [0.1, 0.15) is 24.2 Å². The molecule has 1 aromatic rings. The number of hydrogen-bond donors (Lipinski definition) is 0. The van der Waals surface area contributed by atoms with Crippen molar-refractivity contribution < 1.29 is 19.0 Å². The highest BCUT2D eigenvalue weighted by atomic mass is 79.9. The molecule has 0 aromatic heterocycles. The first-order valence-corrected chi connectivity index (χ1v) is 7.65. The van der Waals surface area contributed by atoms with E-state index >= 15 is 0 Å². The average Bonchev–Trinajstić information content (AvgIpc) is 3.05. The van der Waals surface area contributed by atoms with E-state index in [0.29, 0.717) is 31.1 Å². The van der Waals surface area contributed by atoms with Crippen LogP contribution in [0.1, 0.15) is 12.0 Å². The third-order valence-electron chi connectivity index (χ3n) is 3.19. The third-order valence-corrected chi connectivity index (χ3v) is 4.77. The standard InChI is InChI=1S/C13H11BrCl2O4/c14-9-4-11-10(18-1-2-19-11)3-7(9)6-20-12(17)8-5-13(8,15)16/h3-4,8H,1-2,5-6H2. The minimum absolute atomic E-state index is 0.135. The first kappa shape index (κ1) is 14.3. The maximum Gasteiger partial charge on any atom is 0.312 e. The van der Waals surface area contributed by atoms with E-state index in [0.717, 1.165) is 10.0 Å². The summed E-state index contributed by atoms with van der Waals surface area (Å²) >= 11 is 15.1. The van der Waals surface area contributed by atoms with E-state index in [-0.39, 0.29) is 12.6 Å². The highest BCUT2D eigenvalue weighted by molar-refractivity contribution is 9.10. The fourth-order valence-electron chi connectivity index (χ4n) is 1.94.